The maximum absolute atomic E-state index is 12.5. The molecule has 0 unspecified atom stereocenters. The van der Waals surface area contributed by atoms with Gasteiger partial charge in [0.05, 0.1) is 0 Å². The van der Waals surface area contributed by atoms with E-state index in [9.17, 15) is 4.79 Å². The van der Waals surface area contributed by atoms with Crippen molar-refractivity contribution in [1.82, 2.24) is 25.1 Å². The molecule has 1 aromatic heterocycles. The predicted octanol–water partition coefficient (Wildman–Crippen LogP) is 3.61. The van der Waals surface area contributed by atoms with E-state index < -0.39 is 6.04 Å². The van der Waals surface area contributed by atoms with Gasteiger partial charge in [-0.2, -0.15) is 0 Å². The standard InChI is InChI=1S/C25H23N5O3/c1-17(31)29(2)24(20-13-14-21-22(15-20)33-16-32-21)25-26-27-28-30(25)23(18-9-5-3-6-10-18)19-11-7-4-8-12-19/h3-15,23-24H,16H2,1-2H3/t24-/m0/s1. The Labute approximate surface area is 191 Å². The van der Waals surface area contributed by atoms with Gasteiger partial charge in [0.2, 0.25) is 12.7 Å². The molecule has 0 aliphatic carbocycles. The molecule has 0 saturated carbocycles. The van der Waals surface area contributed by atoms with Crippen LogP contribution in [-0.2, 0) is 4.79 Å². The Morgan fingerprint density at radius 2 is 1.55 bits per heavy atom. The lowest BCUT2D eigenvalue weighted by atomic mass is 9.97. The number of aromatic nitrogens is 4. The van der Waals surface area contributed by atoms with E-state index in [1.165, 1.54) is 6.92 Å². The van der Waals surface area contributed by atoms with Gasteiger partial charge in [0.25, 0.3) is 0 Å². The van der Waals surface area contributed by atoms with E-state index in [0.717, 1.165) is 16.7 Å². The fourth-order valence-electron chi connectivity index (χ4n) is 4.12. The maximum atomic E-state index is 12.5. The zero-order valence-corrected chi connectivity index (χ0v) is 18.3. The van der Waals surface area contributed by atoms with E-state index in [-0.39, 0.29) is 18.7 Å². The summed E-state index contributed by atoms with van der Waals surface area (Å²) in [5.74, 6) is 1.75. The number of fused-ring (bicyclic) bond motifs is 1. The monoisotopic (exact) mass is 441 g/mol. The van der Waals surface area contributed by atoms with Gasteiger partial charge < -0.3 is 14.4 Å². The van der Waals surface area contributed by atoms with E-state index in [2.05, 4.69) is 15.5 Å². The summed E-state index contributed by atoms with van der Waals surface area (Å²) in [4.78, 5) is 14.1. The van der Waals surface area contributed by atoms with Crippen LogP contribution >= 0.6 is 0 Å². The molecule has 1 aliphatic heterocycles. The Hall–Kier alpha value is -4.20. The van der Waals surface area contributed by atoms with Crippen LogP contribution in [0.15, 0.2) is 78.9 Å². The average molecular weight is 441 g/mol. The van der Waals surface area contributed by atoms with Gasteiger partial charge in [-0.05, 0) is 39.2 Å². The fraction of sp³-hybridized carbons (Fsp3) is 0.200. The largest absolute Gasteiger partial charge is 0.454 e. The third-order valence-corrected chi connectivity index (χ3v) is 5.83. The van der Waals surface area contributed by atoms with Crippen LogP contribution in [0, 0.1) is 0 Å². The first-order valence-corrected chi connectivity index (χ1v) is 10.6. The molecule has 0 radical (unpaired) electrons. The molecule has 3 aromatic carbocycles. The van der Waals surface area contributed by atoms with Crippen molar-refractivity contribution in [1.29, 1.82) is 0 Å². The second-order valence-corrected chi connectivity index (χ2v) is 7.85. The van der Waals surface area contributed by atoms with E-state index in [1.807, 2.05) is 78.9 Å². The topological polar surface area (TPSA) is 82.4 Å². The van der Waals surface area contributed by atoms with Crippen LogP contribution < -0.4 is 9.47 Å². The molecule has 1 amide bonds. The zero-order valence-electron chi connectivity index (χ0n) is 18.3. The van der Waals surface area contributed by atoms with E-state index in [1.54, 1.807) is 16.6 Å². The van der Waals surface area contributed by atoms with E-state index in [4.69, 9.17) is 9.47 Å². The fourth-order valence-corrected chi connectivity index (χ4v) is 4.12. The first-order chi connectivity index (χ1) is 16.1. The molecule has 2 heterocycles. The first-order valence-electron chi connectivity index (χ1n) is 10.6. The van der Waals surface area contributed by atoms with Crippen molar-refractivity contribution < 1.29 is 14.3 Å². The van der Waals surface area contributed by atoms with Crippen LogP contribution in [0.5, 0.6) is 11.5 Å². The molecule has 0 spiro atoms. The van der Waals surface area contributed by atoms with Crippen molar-refractivity contribution >= 4 is 5.91 Å². The summed E-state index contributed by atoms with van der Waals surface area (Å²) in [5, 5.41) is 12.8. The second kappa shape index (κ2) is 8.74. The quantitative estimate of drug-likeness (QED) is 0.455. The molecule has 0 fully saturated rings. The second-order valence-electron chi connectivity index (χ2n) is 7.85. The highest BCUT2D eigenvalue weighted by Crippen LogP contribution is 2.38. The summed E-state index contributed by atoms with van der Waals surface area (Å²) < 4.78 is 12.8. The number of tetrazole rings is 1. The molecule has 4 aromatic rings. The minimum atomic E-state index is -0.526. The summed E-state index contributed by atoms with van der Waals surface area (Å²) in [5.41, 5.74) is 2.90. The molecule has 33 heavy (non-hydrogen) atoms. The van der Waals surface area contributed by atoms with Crippen molar-refractivity contribution in [3.8, 4) is 11.5 Å². The number of hydrogen-bond acceptors (Lipinski definition) is 6. The number of nitrogens with zero attached hydrogens (tertiary/aromatic N) is 5. The summed E-state index contributed by atoms with van der Waals surface area (Å²) in [6.45, 7) is 1.70. The summed E-state index contributed by atoms with van der Waals surface area (Å²) in [6, 6.07) is 25.0. The van der Waals surface area contributed by atoms with Crippen LogP contribution in [0.25, 0.3) is 0 Å². The zero-order chi connectivity index (χ0) is 22.8. The third-order valence-electron chi connectivity index (χ3n) is 5.83. The van der Waals surface area contributed by atoms with Crippen molar-refractivity contribution in [3.63, 3.8) is 0 Å². The highest BCUT2D eigenvalue weighted by atomic mass is 16.7. The van der Waals surface area contributed by atoms with Crippen LogP contribution in [0.4, 0.5) is 0 Å². The Balaban J connectivity index is 1.67. The van der Waals surface area contributed by atoms with Crippen molar-refractivity contribution in [2.24, 2.45) is 0 Å². The number of carbonyl (C=O) groups is 1. The SMILES string of the molecule is CC(=O)N(C)[C@@H](c1ccc2c(c1)OCO2)c1nnnn1C(c1ccccc1)c1ccccc1. The van der Waals surface area contributed by atoms with Crippen molar-refractivity contribution in [2.75, 3.05) is 13.8 Å². The number of carbonyl (C=O) groups excluding carboxylic acids is 1. The molecule has 0 saturated heterocycles. The molecule has 166 valence electrons. The van der Waals surface area contributed by atoms with Gasteiger partial charge >= 0.3 is 0 Å². The molecular formula is C25H23N5O3. The average Bonchev–Trinajstić information content (AvgIpc) is 3.51. The summed E-state index contributed by atoms with van der Waals surface area (Å²) in [6.07, 6.45) is 0. The molecule has 5 rings (SSSR count). The molecule has 1 aliphatic rings. The molecule has 1 atom stereocenters. The van der Waals surface area contributed by atoms with Crippen LogP contribution in [0.2, 0.25) is 0 Å². The number of amides is 1. The van der Waals surface area contributed by atoms with Gasteiger partial charge in [-0.1, -0.05) is 66.7 Å². The number of ether oxygens (including phenoxy) is 2. The van der Waals surface area contributed by atoms with Gasteiger partial charge in [-0.3, -0.25) is 4.79 Å². The third kappa shape index (κ3) is 3.91. The number of rotatable bonds is 6. The Bertz CT molecular complexity index is 1220. The Morgan fingerprint density at radius 3 is 2.18 bits per heavy atom. The van der Waals surface area contributed by atoms with Crippen molar-refractivity contribution in [2.45, 2.75) is 19.0 Å². The van der Waals surface area contributed by atoms with Crippen LogP contribution in [-0.4, -0.2) is 44.9 Å². The lowest BCUT2D eigenvalue weighted by molar-refractivity contribution is -0.129. The van der Waals surface area contributed by atoms with E-state index in [0.29, 0.717) is 17.3 Å². The Morgan fingerprint density at radius 1 is 0.909 bits per heavy atom. The minimum Gasteiger partial charge on any atom is -0.454 e. The predicted molar refractivity (Wildman–Crippen MR) is 121 cm³/mol. The molecule has 8 heteroatoms. The van der Waals surface area contributed by atoms with Crippen LogP contribution in [0.1, 0.15) is 41.5 Å². The molecular weight excluding hydrogens is 418 g/mol. The smallest absolute Gasteiger partial charge is 0.231 e. The molecule has 0 bridgehead atoms. The molecule has 0 N–H and O–H groups in total. The number of hydrogen-bond donors (Lipinski definition) is 0. The first kappa shape index (κ1) is 20.7. The van der Waals surface area contributed by atoms with Gasteiger partial charge in [0, 0.05) is 14.0 Å². The van der Waals surface area contributed by atoms with Gasteiger partial charge in [-0.25, -0.2) is 4.68 Å². The van der Waals surface area contributed by atoms with Crippen molar-refractivity contribution in [3.05, 3.63) is 101 Å². The highest BCUT2D eigenvalue weighted by molar-refractivity contribution is 5.74. The number of benzene rings is 3. The van der Waals surface area contributed by atoms with E-state index >= 15 is 0 Å². The summed E-state index contributed by atoms with van der Waals surface area (Å²) >= 11 is 0. The Kier molecular flexibility index (Phi) is 5.48. The van der Waals surface area contributed by atoms with Gasteiger partial charge in [0.1, 0.15) is 12.1 Å². The van der Waals surface area contributed by atoms with Gasteiger partial charge in [-0.15, -0.1) is 5.10 Å². The highest BCUT2D eigenvalue weighted by Gasteiger charge is 2.32. The summed E-state index contributed by atoms with van der Waals surface area (Å²) in [7, 11) is 1.75. The lowest BCUT2D eigenvalue weighted by Gasteiger charge is -2.29. The minimum absolute atomic E-state index is 0.108. The normalized spacial score (nSPS) is 13.2. The van der Waals surface area contributed by atoms with Gasteiger partial charge in [0.15, 0.2) is 17.3 Å². The maximum Gasteiger partial charge on any atom is 0.231 e. The lowest BCUT2D eigenvalue weighted by Crippen LogP contribution is -2.33. The molecule has 8 nitrogen and oxygen atoms in total. The van der Waals surface area contributed by atoms with Crippen LogP contribution in [0.3, 0.4) is 0 Å².